The predicted octanol–water partition coefficient (Wildman–Crippen LogP) is 0.110. The summed E-state index contributed by atoms with van der Waals surface area (Å²) in [7, 11) is 0. The number of aliphatic hydroxyl groups is 4. The number of rotatable bonds is 3. The lowest BCUT2D eigenvalue weighted by Gasteiger charge is -2.45. The lowest BCUT2D eigenvalue weighted by atomic mass is 9.86. The molecule has 1 aliphatic heterocycles. The van der Waals surface area contributed by atoms with Gasteiger partial charge < -0.3 is 20.4 Å². The number of hydrogen-bond acceptors (Lipinski definition) is 5. The Morgan fingerprint density at radius 2 is 1.65 bits per heavy atom. The van der Waals surface area contributed by atoms with E-state index in [1.807, 2.05) is 4.90 Å². The lowest BCUT2D eigenvalue weighted by molar-refractivity contribution is -0.147. The molecule has 7 heteroatoms. The summed E-state index contributed by atoms with van der Waals surface area (Å²) in [5, 5.41) is 38.8. The van der Waals surface area contributed by atoms with Crippen molar-refractivity contribution in [2.75, 3.05) is 19.7 Å². The first kappa shape index (κ1) is 16.7. The van der Waals surface area contributed by atoms with Gasteiger partial charge in [0.2, 0.25) is 0 Å². The molecule has 0 spiro atoms. The first-order chi connectivity index (χ1) is 9.34. The molecule has 1 heterocycles. The number of aliphatic hydroxyl groups excluding tert-OH is 4. The van der Waals surface area contributed by atoms with Crippen LogP contribution in [0.25, 0.3) is 0 Å². The highest BCUT2D eigenvalue weighted by molar-refractivity contribution is 6.48. The van der Waals surface area contributed by atoms with Crippen LogP contribution >= 0.6 is 23.2 Å². The van der Waals surface area contributed by atoms with Gasteiger partial charge in [-0.15, -0.1) is 23.2 Å². The molecule has 2 aliphatic rings. The van der Waals surface area contributed by atoms with Gasteiger partial charge in [-0.1, -0.05) is 0 Å². The van der Waals surface area contributed by atoms with Gasteiger partial charge in [0.1, 0.15) is 16.5 Å². The minimum Gasteiger partial charge on any atom is -0.395 e. The van der Waals surface area contributed by atoms with Crippen LogP contribution in [0.2, 0.25) is 0 Å². The number of hydrogen-bond donors (Lipinski definition) is 4. The average molecular weight is 328 g/mol. The Balaban J connectivity index is 1.94. The maximum atomic E-state index is 9.94. The van der Waals surface area contributed by atoms with Crippen LogP contribution in [0, 0.1) is 5.92 Å². The van der Waals surface area contributed by atoms with Gasteiger partial charge in [0.05, 0.1) is 18.8 Å². The number of nitrogens with zero attached hydrogens (tertiary/aromatic N) is 1. The predicted molar refractivity (Wildman–Crippen MR) is 76.9 cm³/mol. The van der Waals surface area contributed by atoms with E-state index < -0.39 is 28.7 Å². The topological polar surface area (TPSA) is 84.2 Å². The minimum atomic E-state index is -1.20. The zero-order valence-corrected chi connectivity index (χ0v) is 12.8. The molecule has 1 aliphatic carbocycles. The van der Waals surface area contributed by atoms with Crippen molar-refractivity contribution in [2.24, 2.45) is 5.92 Å². The molecule has 5 nitrogen and oxygen atoms in total. The van der Waals surface area contributed by atoms with Gasteiger partial charge in [-0.2, -0.15) is 0 Å². The first-order valence-corrected chi connectivity index (χ1v) is 7.86. The molecule has 0 radical (unpaired) electrons. The zero-order chi connectivity index (χ0) is 14.9. The third-order valence-corrected chi connectivity index (χ3v) is 5.30. The van der Waals surface area contributed by atoms with Crippen molar-refractivity contribution in [1.29, 1.82) is 0 Å². The minimum absolute atomic E-state index is 0.243. The van der Waals surface area contributed by atoms with E-state index in [1.54, 1.807) is 0 Å². The molecular weight excluding hydrogens is 305 g/mol. The highest BCUT2D eigenvalue weighted by Gasteiger charge is 2.42. The highest BCUT2D eigenvalue weighted by atomic mass is 35.5. The first-order valence-electron chi connectivity index (χ1n) is 7.11. The quantitative estimate of drug-likeness (QED) is 0.553. The van der Waals surface area contributed by atoms with E-state index in [0.717, 1.165) is 25.7 Å². The van der Waals surface area contributed by atoms with E-state index in [9.17, 15) is 20.4 Å². The van der Waals surface area contributed by atoms with Gasteiger partial charge in [-0.3, -0.25) is 4.90 Å². The van der Waals surface area contributed by atoms with E-state index in [2.05, 4.69) is 0 Å². The summed E-state index contributed by atoms with van der Waals surface area (Å²) in [6.45, 7) is 0.676. The number of β-amino-alcohol motifs (C(OH)–C–C–N with tert-alkyl or cyclic N) is 1. The van der Waals surface area contributed by atoms with E-state index in [4.69, 9.17) is 23.2 Å². The molecule has 2 rings (SSSR count). The van der Waals surface area contributed by atoms with Crippen molar-refractivity contribution in [2.45, 2.75) is 54.4 Å². The molecule has 118 valence electrons. The monoisotopic (exact) mass is 327 g/mol. The van der Waals surface area contributed by atoms with Crippen LogP contribution in [-0.4, -0.2) is 73.7 Å². The Morgan fingerprint density at radius 3 is 2.20 bits per heavy atom. The smallest absolute Gasteiger partial charge is 0.118 e. The van der Waals surface area contributed by atoms with Crippen molar-refractivity contribution in [3.05, 3.63) is 0 Å². The van der Waals surface area contributed by atoms with Crippen LogP contribution in [0.5, 0.6) is 0 Å². The molecule has 20 heavy (non-hydrogen) atoms. The summed E-state index contributed by atoms with van der Waals surface area (Å²) < 4.78 is -0.635. The number of halogens is 2. The molecule has 1 saturated heterocycles. The second kappa shape index (κ2) is 6.65. The Hall–Kier alpha value is 0.380. The van der Waals surface area contributed by atoms with Crippen molar-refractivity contribution >= 4 is 23.2 Å². The molecule has 0 aromatic heterocycles. The Kier molecular flexibility index (Phi) is 5.57. The summed E-state index contributed by atoms with van der Waals surface area (Å²) in [5.41, 5.74) is 0. The molecule has 4 N–H and O–H groups in total. The van der Waals surface area contributed by atoms with Crippen molar-refractivity contribution in [3.63, 3.8) is 0 Å². The normalized spacial score (nSPS) is 39.9. The van der Waals surface area contributed by atoms with E-state index >= 15 is 0 Å². The van der Waals surface area contributed by atoms with E-state index in [1.165, 1.54) is 0 Å². The van der Waals surface area contributed by atoms with Gasteiger partial charge in [-0.05, 0) is 31.6 Å². The molecule has 0 aromatic carbocycles. The van der Waals surface area contributed by atoms with E-state index in [0.29, 0.717) is 12.5 Å². The molecular formula is C13H23Cl2NO4. The third-order valence-electron chi connectivity index (χ3n) is 4.55. The fraction of sp³-hybridized carbons (Fsp3) is 1.00. The Bertz CT molecular complexity index is 321. The van der Waals surface area contributed by atoms with Crippen LogP contribution in [0.4, 0.5) is 0 Å². The van der Waals surface area contributed by atoms with Gasteiger partial charge in [0.15, 0.2) is 0 Å². The lowest BCUT2D eigenvalue weighted by Crippen LogP contribution is -2.63. The maximum Gasteiger partial charge on any atom is 0.118 e. The molecule has 4 atom stereocenters. The van der Waals surface area contributed by atoms with Crippen LogP contribution in [0.15, 0.2) is 0 Å². The number of alkyl halides is 2. The molecule has 0 amide bonds. The van der Waals surface area contributed by atoms with Crippen LogP contribution in [0.3, 0.4) is 0 Å². The van der Waals surface area contributed by atoms with Crippen molar-refractivity contribution < 1.29 is 20.4 Å². The number of likely N-dealkylation sites (tertiary alicyclic amines) is 1. The average Bonchev–Trinajstić information content (AvgIpc) is 2.39. The van der Waals surface area contributed by atoms with E-state index in [-0.39, 0.29) is 13.2 Å². The Morgan fingerprint density at radius 1 is 1.05 bits per heavy atom. The standard InChI is InChI=1S/C13H23Cl2NO4/c14-13(15)3-1-8(2-4-13)5-16-6-10(18)12(20)11(19)9(16)7-17/h8-12,17-20H,1-7H2/t9-,10-,11+,12+/m0/s1. The molecule has 1 saturated carbocycles. The van der Waals surface area contributed by atoms with Gasteiger partial charge in [-0.25, -0.2) is 0 Å². The summed E-state index contributed by atoms with van der Waals surface area (Å²) in [4.78, 5) is 1.86. The van der Waals surface area contributed by atoms with Crippen LogP contribution in [0.1, 0.15) is 25.7 Å². The number of piperidine rings is 1. The molecule has 0 bridgehead atoms. The third kappa shape index (κ3) is 3.77. The summed E-state index contributed by atoms with van der Waals surface area (Å²) >= 11 is 12.2. The van der Waals surface area contributed by atoms with Crippen molar-refractivity contribution in [1.82, 2.24) is 4.90 Å². The van der Waals surface area contributed by atoms with Gasteiger partial charge >= 0.3 is 0 Å². The fourth-order valence-corrected chi connectivity index (χ4v) is 3.64. The van der Waals surface area contributed by atoms with Crippen molar-refractivity contribution in [3.8, 4) is 0 Å². The zero-order valence-electron chi connectivity index (χ0n) is 11.3. The van der Waals surface area contributed by atoms with Gasteiger partial charge in [0.25, 0.3) is 0 Å². The maximum absolute atomic E-state index is 9.94. The molecule has 0 aromatic rings. The largest absolute Gasteiger partial charge is 0.395 e. The molecule has 2 fully saturated rings. The van der Waals surface area contributed by atoms with Crippen LogP contribution in [-0.2, 0) is 0 Å². The fourth-order valence-electron chi connectivity index (χ4n) is 3.20. The summed E-state index contributed by atoms with van der Waals surface area (Å²) in [6.07, 6.45) is -0.0949. The SMILES string of the molecule is OC[C@H]1[C@@H](O)[C@H](O)[C@@H](O)CN1CC1CCC(Cl)(Cl)CC1. The second-order valence-electron chi connectivity index (χ2n) is 6.05. The van der Waals surface area contributed by atoms with Gasteiger partial charge in [0, 0.05) is 13.1 Å². The summed E-state index contributed by atoms with van der Waals surface area (Å²) in [5.74, 6) is 0.379. The molecule has 0 unspecified atom stereocenters. The Labute approximate surface area is 129 Å². The second-order valence-corrected chi connectivity index (χ2v) is 7.69. The van der Waals surface area contributed by atoms with Crippen LogP contribution < -0.4 is 0 Å². The highest BCUT2D eigenvalue weighted by Crippen LogP contribution is 2.40. The summed E-state index contributed by atoms with van der Waals surface area (Å²) in [6, 6.07) is -0.535.